The normalized spacial score (nSPS) is 10.8. The van der Waals surface area contributed by atoms with Gasteiger partial charge < -0.3 is 10.1 Å². The lowest BCUT2D eigenvalue weighted by atomic mass is 10.2. The number of nitrogens with one attached hydrogen (secondary N) is 2. The van der Waals surface area contributed by atoms with Crippen LogP contribution in [0.4, 0.5) is 0 Å². The Morgan fingerprint density at radius 2 is 1.88 bits per heavy atom. The van der Waals surface area contributed by atoms with Crippen LogP contribution in [-0.4, -0.2) is 31.2 Å². The minimum atomic E-state index is -0.418. The molecule has 2 amide bonds. The predicted octanol–water partition coefficient (Wildman–Crippen LogP) is 2.31. The van der Waals surface area contributed by atoms with Crippen molar-refractivity contribution in [3.63, 3.8) is 0 Å². The van der Waals surface area contributed by atoms with Gasteiger partial charge in [0.2, 0.25) is 0 Å². The molecule has 0 atom stereocenters. The van der Waals surface area contributed by atoms with E-state index in [1.807, 2.05) is 61.5 Å². The number of hydrogen-bond donors (Lipinski definition) is 2. The van der Waals surface area contributed by atoms with Crippen LogP contribution in [0.3, 0.4) is 0 Å². The molecule has 0 bridgehead atoms. The molecule has 2 aromatic rings. The summed E-state index contributed by atoms with van der Waals surface area (Å²) >= 11 is 0. The van der Waals surface area contributed by atoms with Crippen molar-refractivity contribution in [3.05, 3.63) is 71.8 Å². The van der Waals surface area contributed by atoms with Crippen LogP contribution in [0.1, 0.15) is 11.1 Å². The third-order valence-electron chi connectivity index (χ3n) is 3.24. The molecular formula is C20H21N3O3. The minimum absolute atomic E-state index is 0.153. The molecule has 0 heterocycles. The molecule has 2 aromatic carbocycles. The number of benzene rings is 2. The maximum Gasteiger partial charge on any atom is 0.259 e. The number of amides is 2. The van der Waals surface area contributed by atoms with Crippen LogP contribution in [0.5, 0.6) is 5.75 Å². The fourth-order valence-corrected chi connectivity index (χ4v) is 1.99. The van der Waals surface area contributed by atoms with Gasteiger partial charge in [-0.25, -0.2) is 5.43 Å². The molecule has 0 saturated carbocycles. The molecule has 0 aliphatic carbocycles. The number of carbonyl (C=O) groups excluding carboxylic acids is 2. The van der Waals surface area contributed by atoms with E-state index in [0.717, 1.165) is 11.1 Å². The van der Waals surface area contributed by atoms with E-state index in [1.165, 1.54) is 6.21 Å². The van der Waals surface area contributed by atoms with E-state index in [2.05, 4.69) is 15.8 Å². The van der Waals surface area contributed by atoms with Crippen LogP contribution in [0.2, 0.25) is 0 Å². The van der Waals surface area contributed by atoms with Crippen LogP contribution in [0.15, 0.2) is 65.8 Å². The molecule has 6 nitrogen and oxygen atoms in total. The Bertz CT molecular complexity index is 786. The summed E-state index contributed by atoms with van der Waals surface area (Å²) in [6.07, 6.45) is 5.04. The summed E-state index contributed by atoms with van der Waals surface area (Å²) in [5.41, 5.74) is 4.41. The van der Waals surface area contributed by atoms with Crippen molar-refractivity contribution >= 4 is 24.1 Å². The monoisotopic (exact) mass is 351 g/mol. The summed E-state index contributed by atoms with van der Waals surface area (Å²) in [7, 11) is 0. The van der Waals surface area contributed by atoms with Crippen LogP contribution in [0.25, 0.3) is 6.08 Å². The Balaban J connectivity index is 1.62. The zero-order valence-corrected chi connectivity index (χ0v) is 14.5. The molecule has 6 heteroatoms. The van der Waals surface area contributed by atoms with Crippen molar-refractivity contribution in [2.75, 3.05) is 13.2 Å². The fraction of sp³-hybridized carbons (Fsp3) is 0.150. The van der Waals surface area contributed by atoms with Crippen molar-refractivity contribution in [2.45, 2.75) is 6.92 Å². The first-order valence-corrected chi connectivity index (χ1v) is 8.13. The Labute approximate surface area is 152 Å². The number of ether oxygens (including phenoxy) is 1. The first-order chi connectivity index (χ1) is 12.6. The minimum Gasteiger partial charge on any atom is -0.484 e. The summed E-state index contributed by atoms with van der Waals surface area (Å²) in [6.45, 7) is 1.61. The molecule has 0 radical (unpaired) electrons. The highest BCUT2D eigenvalue weighted by molar-refractivity contribution is 5.86. The highest BCUT2D eigenvalue weighted by Crippen LogP contribution is 2.11. The Morgan fingerprint density at radius 3 is 2.65 bits per heavy atom. The molecule has 0 unspecified atom stereocenters. The quantitative estimate of drug-likeness (QED) is 0.566. The molecular weight excluding hydrogens is 330 g/mol. The smallest absolute Gasteiger partial charge is 0.259 e. The molecule has 0 aliphatic heterocycles. The molecule has 0 saturated heterocycles. The van der Waals surface area contributed by atoms with E-state index in [4.69, 9.17) is 4.74 Å². The molecule has 0 spiro atoms. The SMILES string of the molecule is Cc1cccc(OCC(=O)NCC(=O)NN=CC=Cc2ccccc2)c1. The van der Waals surface area contributed by atoms with Gasteiger partial charge in [0.15, 0.2) is 6.61 Å². The van der Waals surface area contributed by atoms with E-state index in [-0.39, 0.29) is 19.1 Å². The number of hydrogen-bond acceptors (Lipinski definition) is 4. The molecule has 0 fully saturated rings. The van der Waals surface area contributed by atoms with Crippen LogP contribution in [-0.2, 0) is 9.59 Å². The van der Waals surface area contributed by atoms with Crippen molar-refractivity contribution in [1.82, 2.24) is 10.7 Å². The van der Waals surface area contributed by atoms with Gasteiger partial charge in [0, 0.05) is 6.21 Å². The number of allylic oxidation sites excluding steroid dienone is 1. The van der Waals surface area contributed by atoms with E-state index < -0.39 is 5.91 Å². The standard InChI is InChI=1S/C20H21N3O3/c1-16-7-5-11-18(13-16)26-15-20(25)21-14-19(24)23-22-12-6-10-17-8-3-2-4-9-17/h2-13H,14-15H2,1H3,(H,21,25)(H,23,24). The molecule has 2 rings (SSSR count). The van der Waals surface area contributed by atoms with Gasteiger partial charge in [-0.3, -0.25) is 9.59 Å². The lowest BCUT2D eigenvalue weighted by Gasteiger charge is -2.07. The van der Waals surface area contributed by atoms with E-state index in [9.17, 15) is 9.59 Å². The summed E-state index contributed by atoms with van der Waals surface area (Å²) in [6, 6.07) is 17.1. The third kappa shape index (κ3) is 7.44. The second-order valence-corrected chi connectivity index (χ2v) is 5.46. The first-order valence-electron chi connectivity index (χ1n) is 8.13. The van der Waals surface area contributed by atoms with Crippen molar-refractivity contribution in [2.24, 2.45) is 5.10 Å². The zero-order chi connectivity index (χ0) is 18.6. The highest BCUT2D eigenvalue weighted by Gasteiger charge is 2.05. The lowest BCUT2D eigenvalue weighted by Crippen LogP contribution is -2.37. The van der Waals surface area contributed by atoms with Crippen molar-refractivity contribution in [1.29, 1.82) is 0 Å². The number of rotatable bonds is 8. The fourth-order valence-electron chi connectivity index (χ4n) is 1.99. The largest absolute Gasteiger partial charge is 0.484 e. The van der Waals surface area contributed by atoms with Gasteiger partial charge >= 0.3 is 0 Å². The Hall–Kier alpha value is -3.41. The topological polar surface area (TPSA) is 79.8 Å². The average molecular weight is 351 g/mol. The van der Waals surface area contributed by atoms with Crippen LogP contribution < -0.4 is 15.5 Å². The number of aryl methyl sites for hydroxylation is 1. The number of nitrogens with zero attached hydrogens (tertiary/aromatic N) is 1. The molecule has 134 valence electrons. The van der Waals surface area contributed by atoms with Crippen LogP contribution >= 0.6 is 0 Å². The number of hydrazone groups is 1. The second kappa shape index (κ2) is 10.5. The molecule has 0 aromatic heterocycles. The highest BCUT2D eigenvalue weighted by atomic mass is 16.5. The second-order valence-electron chi connectivity index (χ2n) is 5.46. The van der Waals surface area contributed by atoms with Gasteiger partial charge in [0.25, 0.3) is 11.8 Å². The summed E-state index contributed by atoms with van der Waals surface area (Å²) in [5, 5.41) is 6.24. The Morgan fingerprint density at radius 1 is 1.08 bits per heavy atom. The predicted molar refractivity (Wildman–Crippen MR) is 102 cm³/mol. The summed E-state index contributed by atoms with van der Waals surface area (Å²) in [5.74, 6) is -0.188. The van der Waals surface area contributed by atoms with Gasteiger partial charge in [-0.1, -0.05) is 48.5 Å². The lowest BCUT2D eigenvalue weighted by molar-refractivity contribution is -0.127. The number of carbonyl (C=O) groups is 2. The molecule has 26 heavy (non-hydrogen) atoms. The average Bonchev–Trinajstić information content (AvgIpc) is 2.65. The first kappa shape index (κ1) is 18.9. The molecule has 2 N–H and O–H groups in total. The third-order valence-corrected chi connectivity index (χ3v) is 3.24. The van der Waals surface area contributed by atoms with Gasteiger partial charge in [0.1, 0.15) is 5.75 Å². The van der Waals surface area contributed by atoms with Crippen molar-refractivity contribution in [3.8, 4) is 5.75 Å². The van der Waals surface area contributed by atoms with Gasteiger partial charge in [-0.2, -0.15) is 5.10 Å². The zero-order valence-electron chi connectivity index (χ0n) is 14.5. The van der Waals surface area contributed by atoms with Crippen LogP contribution in [0, 0.1) is 6.92 Å². The molecule has 0 aliphatic rings. The van der Waals surface area contributed by atoms with E-state index in [1.54, 1.807) is 12.1 Å². The maximum atomic E-state index is 11.7. The van der Waals surface area contributed by atoms with E-state index in [0.29, 0.717) is 5.75 Å². The van der Waals surface area contributed by atoms with Gasteiger partial charge in [0.05, 0.1) is 6.54 Å². The van der Waals surface area contributed by atoms with Gasteiger partial charge in [-0.15, -0.1) is 0 Å². The Kier molecular flexibility index (Phi) is 7.61. The van der Waals surface area contributed by atoms with E-state index >= 15 is 0 Å². The summed E-state index contributed by atoms with van der Waals surface area (Å²) in [4.78, 5) is 23.3. The maximum absolute atomic E-state index is 11.7. The van der Waals surface area contributed by atoms with Crippen molar-refractivity contribution < 1.29 is 14.3 Å². The summed E-state index contributed by atoms with van der Waals surface area (Å²) < 4.78 is 5.35. The van der Waals surface area contributed by atoms with Gasteiger partial charge in [-0.05, 0) is 36.3 Å².